The molecule has 0 aromatic heterocycles. The van der Waals surface area contributed by atoms with Gasteiger partial charge in [-0.1, -0.05) is 6.07 Å². The van der Waals surface area contributed by atoms with Crippen molar-refractivity contribution in [2.45, 2.75) is 18.6 Å². The van der Waals surface area contributed by atoms with Gasteiger partial charge in [0.25, 0.3) is 0 Å². The van der Waals surface area contributed by atoms with Gasteiger partial charge >= 0.3 is 0 Å². The van der Waals surface area contributed by atoms with E-state index >= 15 is 0 Å². The standard InChI is InChI=1S/C13H16N2O3/c1-17-8-6-10-13(16)14-12-9(15(10)7-8)4-3-5-11(12)18-2/h3-5,8,10H,6-7H2,1-2H3,(H,14,16). The maximum absolute atomic E-state index is 12.1. The number of nitrogens with zero attached hydrogens (tertiary/aromatic N) is 1. The number of nitrogens with one attached hydrogen (secondary N) is 1. The highest BCUT2D eigenvalue weighted by Crippen LogP contribution is 2.42. The molecule has 2 atom stereocenters. The van der Waals surface area contributed by atoms with Crippen LogP contribution in [0.5, 0.6) is 5.75 Å². The van der Waals surface area contributed by atoms with Crippen LogP contribution in [0.3, 0.4) is 0 Å². The molecule has 0 bridgehead atoms. The summed E-state index contributed by atoms with van der Waals surface area (Å²) in [6, 6.07) is 5.66. The van der Waals surface area contributed by atoms with Crippen molar-refractivity contribution in [2.75, 3.05) is 31.0 Å². The minimum absolute atomic E-state index is 0.0200. The molecule has 2 unspecified atom stereocenters. The molecule has 1 amide bonds. The predicted octanol–water partition coefficient (Wildman–Crippen LogP) is 1.24. The summed E-state index contributed by atoms with van der Waals surface area (Å²) >= 11 is 0. The number of para-hydroxylation sites is 1. The second-order valence-corrected chi connectivity index (χ2v) is 4.61. The lowest BCUT2D eigenvalue weighted by Gasteiger charge is -2.33. The number of hydrogen-bond donors (Lipinski definition) is 1. The Balaban J connectivity index is 2.04. The summed E-state index contributed by atoms with van der Waals surface area (Å²) in [6.07, 6.45) is 0.844. The molecular weight excluding hydrogens is 232 g/mol. The van der Waals surface area contributed by atoms with Crippen LogP contribution >= 0.6 is 0 Å². The lowest BCUT2D eigenvalue weighted by Crippen LogP contribution is -2.44. The molecule has 1 fully saturated rings. The van der Waals surface area contributed by atoms with E-state index in [2.05, 4.69) is 10.2 Å². The van der Waals surface area contributed by atoms with Crippen molar-refractivity contribution in [3.8, 4) is 5.75 Å². The van der Waals surface area contributed by atoms with Crippen molar-refractivity contribution in [3.63, 3.8) is 0 Å². The van der Waals surface area contributed by atoms with Crippen LogP contribution in [0.2, 0.25) is 0 Å². The highest BCUT2D eigenvalue weighted by Gasteiger charge is 2.41. The molecule has 1 aromatic rings. The van der Waals surface area contributed by atoms with E-state index in [0.717, 1.165) is 24.3 Å². The molecule has 0 saturated carbocycles. The van der Waals surface area contributed by atoms with Crippen molar-refractivity contribution in [2.24, 2.45) is 0 Å². The molecule has 5 nitrogen and oxygen atoms in total. The smallest absolute Gasteiger partial charge is 0.247 e. The summed E-state index contributed by atoms with van der Waals surface area (Å²) in [5.41, 5.74) is 1.77. The molecule has 5 heteroatoms. The molecule has 2 aliphatic rings. The normalized spacial score (nSPS) is 25.4. The molecule has 2 aliphatic heterocycles. The van der Waals surface area contributed by atoms with Gasteiger partial charge < -0.3 is 19.7 Å². The molecule has 1 aromatic carbocycles. The fourth-order valence-corrected chi connectivity index (χ4v) is 2.74. The van der Waals surface area contributed by atoms with Crippen LogP contribution in [0.25, 0.3) is 0 Å². The van der Waals surface area contributed by atoms with Gasteiger partial charge in [0.2, 0.25) is 5.91 Å². The maximum atomic E-state index is 12.1. The third kappa shape index (κ3) is 1.54. The third-order valence-electron chi connectivity index (χ3n) is 3.68. The number of fused-ring (bicyclic) bond motifs is 3. The molecule has 3 rings (SSSR count). The number of hydrogen-bond acceptors (Lipinski definition) is 4. The van der Waals surface area contributed by atoms with Crippen molar-refractivity contribution in [1.29, 1.82) is 0 Å². The Labute approximate surface area is 106 Å². The summed E-state index contributed by atoms with van der Waals surface area (Å²) in [7, 11) is 3.29. The van der Waals surface area contributed by atoms with Crippen molar-refractivity contribution >= 4 is 17.3 Å². The van der Waals surface area contributed by atoms with Gasteiger partial charge in [-0.25, -0.2) is 0 Å². The summed E-state index contributed by atoms with van der Waals surface area (Å²) in [5.74, 6) is 0.715. The van der Waals surface area contributed by atoms with Crippen LogP contribution in [0.15, 0.2) is 18.2 Å². The average Bonchev–Trinajstić information content (AvgIpc) is 2.83. The van der Waals surface area contributed by atoms with Crippen LogP contribution in [-0.2, 0) is 9.53 Å². The van der Waals surface area contributed by atoms with Crippen LogP contribution in [0.4, 0.5) is 11.4 Å². The molecule has 2 heterocycles. The lowest BCUT2D eigenvalue weighted by molar-refractivity contribution is -0.117. The van der Waals surface area contributed by atoms with E-state index < -0.39 is 0 Å². The summed E-state index contributed by atoms with van der Waals surface area (Å²) in [6.45, 7) is 0.745. The predicted molar refractivity (Wildman–Crippen MR) is 68.2 cm³/mol. The highest BCUT2D eigenvalue weighted by molar-refractivity contribution is 6.05. The van der Waals surface area contributed by atoms with Gasteiger partial charge in [-0.05, 0) is 12.1 Å². The number of anilines is 2. The molecule has 96 valence electrons. The first-order valence-corrected chi connectivity index (χ1v) is 6.02. The fourth-order valence-electron chi connectivity index (χ4n) is 2.74. The second-order valence-electron chi connectivity index (χ2n) is 4.61. The van der Waals surface area contributed by atoms with Crippen molar-refractivity contribution in [1.82, 2.24) is 0 Å². The zero-order valence-corrected chi connectivity index (χ0v) is 10.5. The molecule has 1 N–H and O–H groups in total. The molecule has 0 radical (unpaired) electrons. The van der Waals surface area contributed by atoms with E-state index in [1.54, 1.807) is 14.2 Å². The van der Waals surface area contributed by atoms with Crippen LogP contribution in [-0.4, -0.2) is 38.8 Å². The van der Waals surface area contributed by atoms with E-state index in [1.165, 1.54) is 0 Å². The van der Waals surface area contributed by atoms with E-state index in [1.807, 2.05) is 18.2 Å². The Hall–Kier alpha value is -1.75. The maximum Gasteiger partial charge on any atom is 0.247 e. The Bertz CT molecular complexity index is 489. The first-order chi connectivity index (χ1) is 8.74. The molecule has 1 saturated heterocycles. The third-order valence-corrected chi connectivity index (χ3v) is 3.68. The van der Waals surface area contributed by atoms with Gasteiger partial charge in [0.05, 0.1) is 18.9 Å². The minimum Gasteiger partial charge on any atom is -0.494 e. The first-order valence-electron chi connectivity index (χ1n) is 6.02. The minimum atomic E-state index is -0.130. The van der Waals surface area contributed by atoms with Gasteiger partial charge in [-0.3, -0.25) is 4.79 Å². The molecule has 0 aliphatic carbocycles. The number of benzene rings is 1. The SMILES string of the molecule is COc1cccc2c1NC(=O)C1CC(OC)CN21. The van der Waals surface area contributed by atoms with Gasteiger partial charge in [0, 0.05) is 20.1 Å². The monoisotopic (exact) mass is 248 g/mol. The van der Waals surface area contributed by atoms with E-state index in [0.29, 0.717) is 5.75 Å². The number of carbonyl (C=O) groups excluding carboxylic acids is 1. The summed E-state index contributed by atoms with van der Waals surface area (Å²) in [5, 5.41) is 2.93. The topological polar surface area (TPSA) is 50.8 Å². The first kappa shape index (κ1) is 11.3. The van der Waals surface area contributed by atoms with Crippen LogP contribution in [0.1, 0.15) is 6.42 Å². The number of methoxy groups -OCH3 is 2. The Morgan fingerprint density at radius 2 is 2.22 bits per heavy atom. The summed E-state index contributed by atoms with van der Waals surface area (Å²) < 4.78 is 10.7. The average molecular weight is 248 g/mol. The van der Waals surface area contributed by atoms with Gasteiger partial charge in [-0.15, -0.1) is 0 Å². The molecular formula is C13H16N2O3. The second kappa shape index (κ2) is 4.17. The largest absolute Gasteiger partial charge is 0.494 e. The summed E-state index contributed by atoms with van der Waals surface area (Å²) in [4.78, 5) is 14.2. The van der Waals surface area contributed by atoms with Crippen LogP contribution < -0.4 is 15.0 Å². The quantitative estimate of drug-likeness (QED) is 0.855. The van der Waals surface area contributed by atoms with Gasteiger partial charge in [0.15, 0.2) is 0 Å². The van der Waals surface area contributed by atoms with Crippen LogP contribution in [0, 0.1) is 0 Å². The highest BCUT2D eigenvalue weighted by atomic mass is 16.5. The van der Waals surface area contributed by atoms with Crippen molar-refractivity contribution < 1.29 is 14.3 Å². The zero-order valence-electron chi connectivity index (χ0n) is 10.5. The number of carbonyl (C=O) groups is 1. The van der Waals surface area contributed by atoms with E-state index in [-0.39, 0.29) is 18.1 Å². The Morgan fingerprint density at radius 1 is 1.39 bits per heavy atom. The number of ether oxygens (including phenoxy) is 2. The Morgan fingerprint density at radius 3 is 2.94 bits per heavy atom. The van der Waals surface area contributed by atoms with Gasteiger partial charge in [0.1, 0.15) is 17.5 Å². The zero-order chi connectivity index (χ0) is 12.7. The number of rotatable bonds is 2. The molecule has 18 heavy (non-hydrogen) atoms. The molecule has 0 spiro atoms. The number of amides is 1. The van der Waals surface area contributed by atoms with E-state index in [9.17, 15) is 4.79 Å². The van der Waals surface area contributed by atoms with E-state index in [4.69, 9.17) is 9.47 Å². The Kier molecular flexibility index (Phi) is 2.63. The van der Waals surface area contributed by atoms with Crippen molar-refractivity contribution in [3.05, 3.63) is 18.2 Å². The fraction of sp³-hybridized carbons (Fsp3) is 0.462. The lowest BCUT2D eigenvalue weighted by atomic mass is 10.1. The van der Waals surface area contributed by atoms with Gasteiger partial charge in [-0.2, -0.15) is 0 Å².